The van der Waals surface area contributed by atoms with Gasteiger partial charge in [-0.05, 0) is 30.2 Å². The molecule has 2 aromatic rings. The second-order valence-electron chi connectivity index (χ2n) is 4.90. The molecule has 118 valence electrons. The summed E-state index contributed by atoms with van der Waals surface area (Å²) in [5, 5.41) is 2.56. The van der Waals surface area contributed by atoms with Crippen LogP contribution in [0.25, 0.3) is 0 Å². The van der Waals surface area contributed by atoms with Crippen LogP contribution in [-0.2, 0) is 17.8 Å². The molecule has 0 atom stereocenters. The number of ether oxygens (including phenoxy) is 2. The number of methoxy groups -OCH3 is 1. The van der Waals surface area contributed by atoms with E-state index >= 15 is 0 Å². The summed E-state index contributed by atoms with van der Waals surface area (Å²) in [5.74, 6) is -0.296. The molecule has 1 N–H and O–H groups in total. The van der Waals surface area contributed by atoms with E-state index in [-0.39, 0.29) is 12.4 Å². The van der Waals surface area contributed by atoms with Gasteiger partial charge in [-0.15, -0.1) is 0 Å². The number of hydrogen-bond donors (Lipinski definition) is 1. The van der Waals surface area contributed by atoms with E-state index in [9.17, 15) is 9.18 Å². The molecule has 1 amide bonds. The number of carbonyl (C=O) groups excluding carboxylic acids is 1. The van der Waals surface area contributed by atoms with Crippen molar-refractivity contribution in [2.24, 2.45) is 0 Å². The molecular formula is C17H17BFNO3. The van der Waals surface area contributed by atoms with E-state index in [4.69, 9.17) is 12.6 Å². The van der Waals surface area contributed by atoms with Crippen LogP contribution in [-0.4, -0.2) is 21.0 Å². The van der Waals surface area contributed by atoms with Gasteiger partial charge in [0.15, 0.2) is 11.6 Å². The maximum Gasteiger partial charge on any atom is 0.411 e. The molecule has 2 rings (SSSR count). The van der Waals surface area contributed by atoms with Gasteiger partial charge in [-0.25, -0.2) is 9.18 Å². The highest BCUT2D eigenvalue weighted by molar-refractivity contribution is 6.33. The van der Waals surface area contributed by atoms with Crippen LogP contribution in [0.4, 0.5) is 14.9 Å². The van der Waals surface area contributed by atoms with E-state index in [1.54, 1.807) is 30.3 Å². The number of aryl methyl sites for hydroxylation is 1. The van der Waals surface area contributed by atoms with Gasteiger partial charge in [-0.1, -0.05) is 30.6 Å². The van der Waals surface area contributed by atoms with Crippen molar-refractivity contribution in [1.29, 1.82) is 0 Å². The molecule has 0 spiro atoms. The first kappa shape index (κ1) is 16.9. The van der Waals surface area contributed by atoms with Crippen LogP contribution in [0, 0.1) is 5.82 Å². The Kier molecular flexibility index (Phi) is 5.63. The number of amides is 1. The van der Waals surface area contributed by atoms with Crippen LogP contribution < -0.4 is 15.5 Å². The Labute approximate surface area is 136 Å². The van der Waals surface area contributed by atoms with E-state index in [0.717, 1.165) is 12.0 Å². The molecule has 0 unspecified atom stereocenters. The second-order valence-corrected chi connectivity index (χ2v) is 4.90. The van der Waals surface area contributed by atoms with Crippen molar-refractivity contribution in [3.05, 3.63) is 53.3 Å². The van der Waals surface area contributed by atoms with Gasteiger partial charge < -0.3 is 9.47 Å². The lowest BCUT2D eigenvalue weighted by Gasteiger charge is -2.15. The summed E-state index contributed by atoms with van der Waals surface area (Å²) >= 11 is 0. The van der Waals surface area contributed by atoms with Crippen molar-refractivity contribution in [1.82, 2.24) is 0 Å². The van der Waals surface area contributed by atoms with Crippen molar-refractivity contribution in [3.63, 3.8) is 0 Å². The number of rotatable bonds is 5. The standard InChI is InChI=1S/C17H17BFNO3/c1-3-11-7-8-16(14(19)9-11)23-10-12-13(18)5-4-6-15(12)20-17(21)22-2/h4-9H,3,10H2,1-2H3,(H,20,21). The van der Waals surface area contributed by atoms with Crippen LogP contribution in [0.1, 0.15) is 18.1 Å². The predicted octanol–water partition coefficient (Wildman–Crippen LogP) is 2.94. The highest BCUT2D eigenvalue weighted by Gasteiger charge is 2.11. The summed E-state index contributed by atoms with van der Waals surface area (Å²) in [7, 11) is 7.19. The summed E-state index contributed by atoms with van der Waals surface area (Å²) in [6.45, 7) is 1.97. The number of hydrogen-bond acceptors (Lipinski definition) is 3. The zero-order valence-corrected chi connectivity index (χ0v) is 13.1. The van der Waals surface area contributed by atoms with Crippen LogP contribution >= 0.6 is 0 Å². The van der Waals surface area contributed by atoms with Gasteiger partial charge in [0, 0.05) is 5.56 Å². The van der Waals surface area contributed by atoms with Gasteiger partial charge in [0.05, 0.1) is 12.8 Å². The van der Waals surface area contributed by atoms with Crippen LogP contribution in [0.2, 0.25) is 0 Å². The quantitative estimate of drug-likeness (QED) is 0.864. The van der Waals surface area contributed by atoms with Gasteiger partial charge in [0.25, 0.3) is 0 Å². The first-order chi connectivity index (χ1) is 11.0. The van der Waals surface area contributed by atoms with Gasteiger partial charge in [-0.2, -0.15) is 0 Å². The molecule has 4 nitrogen and oxygen atoms in total. The van der Waals surface area contributed by atoms with E-state index < -0.39 is 11.9 Å². The van der Waals surface area contributed by atoms with E-state index in [1.807, 2.05) is 6.92 Å². The monoisotopic (exact) mass is 313 g/mol. The Balaban J connectivity index is 2.18. The van der Waals surface area contributed by atoms with Crippen molar-refractivity contribution in [3.8, 4) is 5.75 Å². The molecule has 0 saturated heterocycles. The summed E-state index contributed by atoms with van der Waals surface area (Å²) in [6.07, 6.45) is 0.131. The third-order valence-corrected chi connectivity index (χ3v) is 3.41. The molecule has 0 heterocycles. The highest BCUT2D eigenvalue weighted by Crippen LogP contribution is 2.21. The van der Waals surface area contributed by atoms with E-state index in [1.165, 1.54) is 13.2 Å². The van der Waals surface area contributed by atoms with E-state index in [2.05, 4.69) is 10.1 Å². The lowest BCUT2D eigenvalue weighted by atomic mass is 9.90. The fourth-order valence-electron chi connectivity index (χ4n) is 2.08. The van der Waals surface area contributed by atoms with Crippen molar-refractivity contribution in [2.45, 2.75) is 20.0 Å². The second kappa shape index (κ2) is 7.67. The van der Waals surface area contributed by atoms with Gasteiger partial charge >= 0.3 is 6.09 Å². The zero-order valence-electron chi connectivity index (χ0n) is 13.1. The smallest absolute Gasteiger partial charge is 0.411 e. The summed E-state index contributed by atoms with van der Waals surface area (Å²) in [4.78, 5) is 11.4. The van der Waals surface area contributed by atoms with Gasteiger partial charge in [0.2, 0.25) is 0 Å². The fraction of sp³-hybridized carbons (Fsp3) is 0.235. The van der Waals surface area contributed by atoms with Crippen molar-refractivity contribution >= 4 is 25.1 Å². The van der Waals surface area contributed by atoms with Gasteiger partial charge in [-0.3, -0.25) is 5.32 Å². The van der Waals surface area contributed by atoms with Crippen molar-refractivity contribution in [2.75, 3.05) is 12.4 Å². The molecule has 23 heavy (non-hydrogen) atoms. The maximum atomic E-state index is 14.0. The molecule has 0 aromatic heterocycles. The first-order valence-corrected chi connectivity index (χ1v) is 7.18. The lowest BCUT2D eigenvalue weighted by Crippen LogP contribution is -2.19. The normalized spacial score (nSPS) is 10.2. The fourth-order valence-corrected chi connectivity index (χ4v) is 2.08. The SMILES string of the molecule is [B]c1cccc(NC(=O)OC)c1COc1ccc(CC)cc1F. The number of nitrogens with one attached hydrogen (secondary N) is 1. The third-order valence-electron chi connectivity index (χ3n) is 3.41. The van der Waals surface area contributed by atoms with Crippen molar-refractivity contribution < 1.29 is 18.7 Å². The lowest BCUT2D eigenvalue weighted by molar-refractivity contribution is 0.187. The van der Waals surface area contributed by atoms with Crippen LogP contribution in [0.15, 0.2) is 36.4 Å². The number of benzene rings is 2. The van der Waals surface area contributed by atoms with Crippen LogP contribution in [0.3, 0.4) is 0 Å². The Hall–Kier alpha value is -2.50. The average molecular weight is 313 g/mol. The molecule has 2 radical (unpaired) electrons. The number of anilines is 1. The van der Waals surface area contributed by atoms with E-state index in [0.29, 0.717) is 16.7 Å². The summed E-state index contributed by atoms with van der Waals surface area (Å²) in [6, 6.07) is 9.87. The summed E-state index contributed by atoms with van der Waals surface area (Å²) < 4.78 is 24.0. The third kappa shape index (κ3) is 4.25. The Bertz CT molecular complexity index is 706. The highest BCUT2D eigenvalue weighted by atomic mass is 19.1. The first-order valence-electron chi connectivity index (χ1n) is 7.18. The minimum atomic E-state index is -0.615. The number of halogens is 1. The Morgan fingerprint density at radius 2 is 2.09 bits per heavy atom. The largest absolute Gasteiger partial charge is 0.486 e. The molecule has 0 aliphatic carbocycles. The Morgan fingerprint density at radius 3 is 2.74 bits per heavy atom. The molecular weight excluding hydrogens is 296 g/mol. The average Bonchev–Trinajstić information content (AvgIpc) is 2.55. The molecule has 0 aliphatic rings. The topological polar surface area (TPSA) is 47.6 Å². The molecule has 6 heteroatoms. The van der Waals surface area contributed by atoms with Crippen LogP contribution in [0.5, 0.6) is 5.75 Å². The Morgan fingerprint density at radius 1 is 1.30 bits per heavy atom. The predicted molar refractivity (Wildman–Crippen MR) is 88.0 cm³/mol. The minimum Gasteiger partial charge on any atom is -0.486 e. The molecule has 0 saturated carbocycles. The van der Waals surface area contributed by atoms with Gasteiger partial charge in [0.1, 0.15) is 14.5 Å². The zero-order chi connectivity index (χ0) is 16.8. The molecule has 0 aliphatic heterocycles. The molecule has 0 bridgehead atoms. The molecule has 2 aromatic carbocycles. The maximum absolute atomic E-state index is 14.0. The minimum absolute atomic E-state index is 0.0222. The molecule has 0 fully saturated rings. The number of carbonyl (C=O) groups is 1. The summed E-state index contributed by atoms with van der Waals surface area (Å²) in [5.41, 5.74) is 2.34.